The Labute approximate surface area is 114 Å². The molecule has 1 atom stereocenters. The zero-order valence-electron chi connectivity index (χ0n) is 9.89. The van der Waals surface area contributed by atoms with Crippen molar-refractivity contribution in [2.24, 2.45) is 0 Å². The molecule has 17 heavy (non-hydrogen) atoms. The molecule has 0 heterocycles. The Morgan fingerprint density at radius 1 is 1.53 bits per heavy atom. The van der Waals surface area contributed by atoms with E-state index in [0.717, 1.165) is 6.42 Å². The highest BCUT2D eigenvalue weighted by Gasteiger charge is 2.14. The first-order valence-corrected chi connectivity index (χ1v) is 6.62. The van der Waals surface area contributed by atoms with E-state index in [1.165, 1.54) is 6.07 Å². The van der Waals surface area contributed by atoms with Gasteiger partial charge >= 0.3 is 0 Å². The van der Waals surface area contributed by atoms with Crippen LogP contribution in [-0.4, -0.2) is 18.5 Å². The maximum Gasteiger partial charge on any atom is 0.242 e. The quantitative estimate of drug-likeness (QED) is 0.802. The largest absolute Gasteiger partial charge is 0.373 e. The zero-order valence-corrected chi connectivity index (χ0v) is 12.0. The Morgan fingerprint density at radius 2 is 2.24 bits per heavy atom. The van der Waals surface area contributed by atoms with Crippen LogP contribution in [0.25, 0.3) is 0 Å². The molecule has 5 heteroatoms. The van der Waals surface area contributed by atoms with Gasteiger partial charge in [0.05, 0.1) is 9.26 Å². The fourth-order valence-electron chi connectivity index (χ4n) is 1.32. The molecule has 3 nitrogen and oxygen atoms in total. The van der Waals surface area contributed by atoms with Crippen molar-refractivity contribution in [3.05, 3.63) is 27.6 Å². The van der Waals surface area contributed by atoms with E-state index in [0.29, 0.717) is 15.8 Å². The van der Waals surface area contributed by atoms with Crippen molar-refractivity contribution in [1.29, 1.82) is 0 Å². The minimum absolute atomic E-state index is 0.0769. The summed E-state index contributed by atoms with van der Waals surface area (Å²) in [5.41, 5.74) is 0.643. The Bertz CT molecular complexity index is 398. The maximum absolute atomic E-state index is 13.3. The molecule has 0 fully saturated rings. The van der Waals surface area contributed by atoms with E-state index in [2.05, 4.69) is 10.6 Å². The van der Waals surface area contributed by atoms with Crippen molar-refractivity contribution in [1.82, 2.24) is 5.32 Å². The van der Waals surface area contributed by atoms with Gasteiger partial charge in [-0.2, -0.15) is 0 Å². The number of benzene rings is 1. The molecule has 94 valence electrons. The Hall–Kier alpha value is -0.850. The van der Waals surface area contributed by atoms with Crippen molar-refractivity contribution < 1.29 is 9.18 Å². The van der Waals surface area contributed by atoms with Crippen LogP contribution in [0.1, 0.15) is 20.3 Å². The van der Waals surface area contributed by atoms with Crippen molar-refractivity contribution in [2.75, 3.05) is 11.9 Å². The average Bonchev–Trinajstić information content (AvgIpc) is 2.31. The molecule has 0 aliphatic carbocycles. The molecule has 1 amide bonds. The van der Waals surface area contributed by atoms with E-state index < -0.39 is 0 Å². The van der Waals surface area contributed by atoms with Crippen LogP contribution < -0.4 is 10.6 Å². The maximum atomic E-state index is 13.3. The van der Waals surface area contributed by atoms with E-state index in [9.17, 15) is 9.18 Å². The first kappa shape index (κ1) is 14.2. The molecule has 0 aliphatic heterocycles. The molecule has 0 saturated carbocycles. The highest BCUT2D eigenvalue weighted by Crippen LogP contribution is 2.21. The third-order valence-corrected chi connectivity index (χ3v) is 3.36. The zero-order chi connectivity index (χ0) is 12.8. The van der Waals surface area contributed by atoms with Gasteiger partial charge in [0.15, 0.2) is 0 Å². The monoisotopic (exact) mass is 350 g/mol. The number of carbonyl (C=O) groups is 1. The predicted molar refractivity (Wildman–Crippen MR) is 75.5 cm³/mol. The van der Waals surface area contributed by atoms with Gasteiger partial charge in [-0.1, -0.05) is 13.0 Å². The smallest absolute Gasteiger partial charge is 0.242 e. The Kier molecular flexibility index (Phi) is 5.67. The van der Waals surface area contributed by atoms with Crippen LogP contribution in [0, 0.1) is 9.39 Å². The fraction of sp³-hybridized carbons (Fsp3) is 0.417. The summed E-state index contributed by atoms with van der Waals surface area (Å²) in [5, 5.41) is 5.79. The van der Waals surface area contributed by atoms with Crippen LogP contribution in [0.5, 0.6) is 0 Å². The molecular weight excluding hydrogens is 334 g/mol. The van der Waals surface area contributed by atoms with Crippen LogP contribution in [0.15, 0.2) is 18.2 Å². The summed E-state index contributed by atoms with van der Waals surface area (Å²) >= 11 is 1.92. The molecule has 1 aromatic rings. The highest BCUT2D eigenvalue weighted by atomic mass is 127. The predicted octanol–water partition coefficient (Wildman–Crippen LogP) is 2.76. The van der Waals surface area contributed by atoms with Crippen LogP contribution in [0.4, 0.5) is 10.1 Å². The first-order chi connectivity index (χ1) is 8.06. The lowest BCUT2D eigenvalue weighted by molar-refractivity contribution is -0.121. The number of hydrogen-bond acceptors (Lipinski definition) is 2. The fourth-order valence-corrected chi connectivity index (χ4v) is 1.83. The van der Waals surface area contributed by atoms with Gasteiger partial charge in [-0.05, 0) is 48.1 Å². The SMILES string of the molecule is CCCNC(=O)C(C)Nc1cccc(F)c1I. The summed E-state index contributed by atoms with van der Waals surface area (Å²) in [6.07, 6.45) is 0.899. The van der Waals surface area contributed by atoms with Crippen molar-refractivity contribution >= 4 is 34.2 Å². The molecule has 0 spiro atoms. The number of carbonyl (C=O) groups excluding carboxylic acids is 1. The van der Waals surface area contributed by atoms with Gasteiger partial charge in [-0.25, -0.2) is 4.39 Å². The molecule has 0 bridgehead atoms. The van der Waals surface area contributed by atoms with Crippen LogP contribution >= 0.6 is 22.6 Å². The van der Waals surface area contributed by atoms with E-state index in [-0.39, 0.29) is 17.8 Å². The number of amides is 1. The lowest BCUT2D eigenvalue weighted by Crippen LogP contribution is -2.38. The minimum atomic E-state index is -0.378. The average molecular weight is 350 g/mol. The van der Waals surface area contributed by atoms with Gasteiger partial charge in [-0.15, -0.1) is 0 Å². The van der Waals surface area contributed by atoms with Crippen molar-refractivity contribution in [2.45, 2.75) is 26.3 Å². The number of anilines is 1. The second-order valence-electron chi connectivity index (χ2n) is 3.76. The summed E-state index contributed by atoms with van der Waals surface area (Å²) in [6, 6.07) is 4.40. The van der Waals surface area contributed by atoms with Gasteiger partial charge in [0, 0.05) is 6.54 Å². The van der Waals surface area contributed by atoms with Gasteiger partial charge in [0.2, 0.25) is 5.91 Å². The minimum Gasteiger partial charge on any atom is -0.373 e. The second-order valence-corrected chi connectivity index (χ2v) is 4.84. The molecule has 0 aromatic heterocycles. The lowest BCUT2D eigenvalue weighted by Gasteiger charge is -2.16. The topological polar surface area (TPSA) is 41.1 Å². The van der Waals surface area contributed by atoms with E-state index in [1.54, 1.807) is 19.1 Å². The van der Waals surface area contributed by atoms with Gasteiger partial charge < -0.3 is 10.6 Å². The van der Waals surface area contributed by atoms with E-state index >= 15 is 0 Å². The molecule has 1 unspecified atom stereocenters. The lowest BCUT2D eigenvalue weighted by atomic mass is 10.2. The highest BCUT2D eigenvalue weighted by molar-refractivity contribution is 14.1. The van der Waals surface area contributed by atoms with E-state index in [4.69, 9.17) is 0 Å². The first-order valence-electron chi connectivity index (χ1n) is 5.54. The van der Waals surface area contributed by atoms with Crippen molar-refractivity contribution in [3.63, 3.8) is 0 Å². The molecule has 0 radical (unpaired) electrons. The molecule has 1 rings (SSSR count). The second kappa shape index (κ2) is 6.78. The third kappa shape index (κ3) is 4.14. The summed E-state index contributed by atoms with van der Waals surface area (Å²) < 4.78 is 13.8. The number of nitrogens with one attached hydrogen (secondary N) is 2. The number of rotatable bonds is 5. The molecule has 2 N–H and O–H groups in total. The standard InChI is InChI=1S/C12H16FIN2O/c1-3-7-15-12(17)8(2)16-10-6-4-5-9(13)11(10)14/h4-6,8,16H,3,7H2,1-2H3,(H,15,17). The van der Waals surface area contributed by atoms with E-state index in [1.807, 2.05) is 29.5 Å². The van der Waals surface area contributed by atoms with Crippen LogP contribution in [-0.2, 0) is 4.79 Å². The summed E-state index contributed by atoms with van der Waals surface area (Å²) in [4.78, 5) is 11.6. The molecule has 0 aliphatic rings. The summed E-state index contributed by atoms with van der Waals surface area (Å²) in [6.45, 7) is 4.41. The van der Waals surface area contributed by atoms with Gasteiger partial charge in [0.25, 0.3) is 0 Å². The third-order valence-electron chi connectivity index (χ3n) is 2.27. The van der Waals surface area contributed by atoms with Crippen LogP contribution in [0.2, 0.25) is 0 Å². The molecule has 0 saturated heterocycles. The normalized spacial score (nSPS) is 12.0. The molecule has 1 aromatic carbocycles. The van der Waals surface area contributed by atoms with Crippen LogP contribution in [0.3, 0.4) is 0 Å². The van der Waals surface area contributed by atoms with Gasteiger partial charge in [0.1, 0.15) is 11.9 Å². The van der Waals surface area contributed by atoms with Gasteiger partial charge in [-0.3, -0.25) is 4.79 Å². The summed E-state index contributed by atoms with van der Waals surface area (Å²) in [5.74, 6) is -0.358. The van der Waals surface area contributed by atoms with Crippen molar-refractivity contribution in [3.8, 4) is 0 Å². The summed E-state index contributed by atoms with van der Waals surface area (Å²) in [7, 11) is 0. The number of hydrogen-bond donors (Lipinski definition) is 2. The Morgan fingerprint density at radius 3 is 2.88 bits per heavy atom. The number of halogens is 2. The molecular formula is C12H16FIN2O. The Balaban J connectivity index is 2.64.